The maximum atomic E-state index is 3.38. The minimum Gasteiger partial charge on any atom is -0.0868 e. The lowest BCUT2D eigenvalue weighted by molar-refractivity contribution is 1.65. The highest BCUT2D eigenvalue weighted by molar-refractivity contribution is 9.11. The zero-order valence-electron chi connectivity index (χ0n) is 4.99. The second-order valence-corrected chi connectivity index (χ2v) is 3.78. The van der Waals surface area contributed by atoms with Gasteiger partial charge in [-0.25, -0.2) is 0 Å². The van der Waals surface area contributed by atoms with Crippen LogP contribution < -0.4 is 5.46 Å². The molecule has 0 amide bonds. The fraction of sp³-hybridized carbons (Fsp3) is 0. The first-order valence-electron chi connectivity index (χ1n) is 2.61. The second-order valence-electron chi connectivity index (χ2n) is 1.95. The van der Waals surface area contributed by atoms with E-state index in [0.717, 1.165) is 8.95 Å². The summed E-state index contributed by atoms with van der Waals surface area (Å²) in [6, 6.07) is 6.17. The van der Waals surface area contributed by atoms with Crippen molar-refractivity contribution in [1.29, 1.82) is 0 Å². The minimum absolute atomic E-state index is 1.12. The molecule has 0 radical (unpaired) electrons. The molecule has 0 unspecified atom stereocenters. The summed E-state index contributed by atoms with van der Waals surface area (Å²) in [5, 5.41) is 0. The van der Waals surface area contributed by atoms with Crippen LogP contribution in [0, 0.1) is 0 Å². The first-order valence-corrected chi connectivity index (χ1v) is 4.20. The lowest BCUT2D eigenvalue weighted by Crippen LogP contribution is -1.99. The van der Waals surface area contributed by atoms with Gasteiger partial charge in [0, 0.05) is 8.95 Å². The predicted octanol–water partition coefficient (Wildman–Crippen LogP) is 1.47. The van der Waals surface area contributed by atoms with E-state index in [-0.39, 0.29) is 0 Å². The molecule has 0 fully saturated rings. The molecule has 0 heterocycles. The molecule has 1 aromatic carbocycles. The van der Waals surface area contributed by atoms with Gasteiger partial charge in [-0.3, -0.25) is 0 Å². The molecule has 0 aliphatic carbocycles. The van der Waals surface area contributed by atoms with E-state index in [9.17, 15) is 0 Å². The molecular formula is C6H5BBr2. The Balaban J connectivity index is 3.17. The summed E-state index contributed by atoms with van der Waals surface area (Å²) in [6.07, 6.45) is 0. The van der Waals surface area contributed by atoms with E-state index >= 15 is 0 Å². The minimum atomic E-state index is 1.12. The fourth-order valence-electron chi connectivity index (χ4n) is 0.692. The van der Waals surface area contributed by atoms with Crippen molar-refractivity contribution in [2.24, 2.45) is 0 Å². The SMILES string of the molecule is Bc1cc(Br)cc(Br)c1. The normalized spacial score (nSPS) is 9.56. The van der Waals surface area contributed by atoms with E-state index < -0.39 is 0 Å². The van der Waals surface area contributed by atoms with E-state index in [1.807, 2.05) is 6.07 Å². The lowest BCUT2D eigenvalue weighted by atomic mass is 9.97. The van der Waals surface area contributed by atoms with Crippen LogP contribution in [0.25, 0.3) is 0 Å². The molecule has 0 aromatic heterocycles. The Morgan fingerprint density at radius 2 is 1.44 bits per heavy atom. The number of benzene rings is 1. The van der Waals surface area contributed by atoms with Crippen LogP contribution in [0.15, 0.2) is 27.1 Å². The van der Waals surface area contributed by atoms with Crippen molar-refractivity contribution in [3.05, 3.63) is 27.1 Å². The largest absolute Gasteiger partial charge is 0.139 e. The van der Waals surface area contributed by atoms with Gasteiger partial charge in [0.05, 0.1) is 0 Å². The van der Waals surface area contributed by atoms with Crippen LogP contribution in [0.2, 0.25) is 0 Å². The molecule has 0 spiro atoms. The number of halogens is 2. The lowest BCUT2D eigenvalue weighted by Gasteiger charge is -1.94. The monoisotopic (exact) mass is 246 g/mol. The van der Waals surface area contributed by atoms with E-state index in [2.05, 4.69) is 51.8 Å². The maximum absolute atomic E-state index is 3.38. The van der Waals surface area contributed by atoms with E-state index in [0.29, 0.717) is 0 Å². The van der Waals surface area contributed by atoms with Crippen LogP contribution >= 0.6 is 31.9 Å². The third kappa shape index (κ3) is 2.14. The van der Waals surface area contributed by atoms with Crippen molar-refractivity contribution >= 4 is 45.2 Å². The van der Waals surface area contributed by atoms with Crippen molar-refractivity contribution in [2.75, 3.05) is 0 Å². The van der Waals surface area contributed by atoms with Crippen LogP contribution in [0.4, 0.5) is 0 Å². The highest BCUT2D eigenvalue weighted by atomic mass is 79.9. The fourth-order valence-corrected chi connectivity index (χ4v) is 2.21. The van der Waals surface area contributed by atoms with Crippen molar-refractivity contribution in [3.8, 4) is 0 Å². The number of hydrogen-bond acceptors (Lipinski definition) is 0. The summed E-state index contributed by atoms with van der Waals surface area (Å²) in [5.74, 6) is 0. The summed E-state index contributed by atoms with van der Waals surface area (Å²) >= 11 is 6.77. The van der Waals surface area contributed by atoms with Gasteiger partial charge in [-0.15, -0.1) is 0 Å². The Morgan fingerprint density at radius 1 is 1.00 bits per heavy atom. The standard InChI is InChI=1S/C6H5BBr2/c7-4-1-5(8)3-6(9)2-4/h1-3H,7H2. The summed E-state index contributed by atoms with van der Waals surface area (Å²) in [7, 11) is 2.06. The van der Waals surface area contributed by atoms with Gasteiger partial charge in [0.25, 0.3) is 0 Å². The molecule has 3 heteroatoms. The molecule has 0 aliphatic rings. The Hall–Kier alpha value is 0.245. The van der Waals surface area contributed by atoms with Crippen molar-refractivity contribution in [3.63, 3.8) is 0 Å². The molecule has 46 valence electrons. The first kappa shape index (κ1) is 7.35. The van der Waals surface area contributed by atoms with Gasteiger partial charge >= 0.3 is 0 Å². The topological polar surface area (TPSA) is 0 Å². The van der Waals surface area contributed by atoms with Crippen LogP contribution in [-0.2, 0) is 0 Å². The average molecular weight is 248 g/mol. The van der Waals surface area contributed by atoms with Crippen molar-refractivity contribution in [2.45, 2.75) is 0 Å². The molecule has 0 atom stereocenters. The molecule has 1 rings (SSSR count). The van der Waals surface area contributed by atoms with E-state index in [1.165, 1.54) is 5.46 Å². The third-order valence-electron chi connectivity index (χ3n) is 1.01. The molecule has 0 aliphatic heterocycles. The average Bonchev–Trinajstić information content (AvgIpc) is 1.59. The Kier molecular flexibility index (Phi) is 2.36. The summed E-state index contributed by atoms with van der Waals surface area (Å²) in [6.45, 7) is 0. The third-order valence-corrected chi connectivity index (χ3v) is 1.92. The van der Waals surface area contributed by atoms with E-state index in [1.54, 1.807) is 0 Å². The summed E-state index contributed by atoms with van der Waals surface area (Å²) in [4.78, 5) is 0. The quantitative estimate of drug-likeness (QED) is 0.609. The van der Waals surface area contributed by atoms with Gasteiger partial charge in [-0.2, -0.15) is 0 Å². The highest BCUT2D eigenvalue weighted by Gasteiger charge is 1.90. The summed E-state index contributed by atoms with van der Waals surface area (Å²) < 4.78 is 2.24. The first-order chi connectivity index (χ1) is 4.18. The molecule has 0 nitrogen and oxygen atoms in total. The molecular weight excluding hydrogens is 243 g/mol. The van der Waals surface area contributed by atoms with Crippen LogP contribution in [-0.4, -0.2) is 7.85 Å². The molecule has 1 aromatic rings. The Bertz CT molecular complexity index is 172. The molecule has 0 N–H and O–H groups in total. The Morgan fingerprint density at radius 3 is 1.78 bits per heavy atom. The van der Waals surface area contributed by atoms with Crippen LogP contribution in [0.3, 0.4) is 0 Å². The smallest absolute Gasteiger partial charge is 0.0868 e. The van der Waals surface area contributed by atoms with Crippen LogP contribution in [0.1, 0.15) is 0 Å². The Labute approximate surface area is 72.3 Å². The van der Waals surface area contributed by atoms with Crippen molar-refractivity contribution in [1.82, 2.24) is 0 Å². The van der Waals surface area contributed by atoms with Gasteiger partial charge in [0.15, 0.2) is 0 Å². The number of hydrogen-bond donors (Lipinski definition) is 0. The summed E-state index contributed by atoms with van der Waals surface area (Å²) in [5.41, 5.74) is 1.26. The van der Waals surface area contributed by atoms with Gasteiger partial charge in [0.1, 0.15) is 7.85 Å². The second kappa shape index (κ2) is 2.89. The maximum Gasteiger partial charge on any atom is 0.139 e. The highest BCUT2D eigenvalue weighted by Crippen LogP contribution is 2.14. The van der Waals surface area contributed by atoms with Gasteiger partial charge in [-0.1, -0.05) is 49.5 Å². The van der Waals surface area contributed by atoms with Gasteiger partial charge in [0.2, 0.25) is 0 Å². The zero-order valence-corrected chi connectivity index (χ0v) is 8.16. The van der Waals surface area contributed by atoms with Gasteiger partial charge < -0.3 is 0 Å². The van der Waals surface area contributed by atoms with Crippen molar-refractivity contribution < 1.29 is 0 Å². The molecule has 9 heavy (non-hydrogen) atoms. The van der Waals surface area contributed by atoms with E-state index in [4.69, 9.17) is 0 Å². The molecule has 0 bridgehead atoms. The van der Waals surface area contributed by atoms with Crippen LogP contribution in [0.5, 0.6) is 0 Å². The molecule has 0 saturated heterocycles. The number of rotatable bonds is 0. The van der Waals surface area contributed by atoms with Gasteiger partial charge in [-0.05, 0) is 6.07 Å². The zero-order chi connectivity index (χ0) is 6.85. The predicted molar refractivity (Wildman–Crippen MR) is 50.0 cm³/mol. The molecule has 0 saturated carbocycles.